The fourth-order valence-corrected chi connectivity index (χ4v) is 4.06. The molecule has 2 atom stereocenters. The molecule has 0 radical (unpaired) electrons. The van der Waals surface area contributed by atoms with Crippen molar-refractivity contribution >= 4 is 27.5 Å². The van der Waals surface area contributed by atoms with E-state index in [9.17, 15) is 18.3 Å². The molecule has 8 heteroatoms. The molecule has 2 unspecified atom stereocenters. The van der Waals surface area contributed by atoms with E-state index in [4.69, 9.17) is 16.7 Å². The molecule has 1 aliphatic heterocycles. The van der Waals surface area contributed by atoms with Gasteiger partial charge in [0.1, 0.15) is 11.1 Å². The molecular formula is C17H17ClN2O4S. The SMILES string of the molecule is NS(=O)(=O)c1cc(C2CC(O)N(Cc3ccccc3)C2=O)ccc1Cl. The van der Waals surface area contributed by atoms with Gasteiger partial charge in [0, 0.05) is 13.0 Å². The maximum absolute atomic E-state index is 12.7. The Morgan fingerprint density at radius 3 is 2.52 bits per heavy atom. The minimum atomic E-state index is -4.00. The van der Waals surface area contributed by atoms with Gasteiger partial charge in [0.2, 0.25) is 15.9 Å². The lowest BCUT2D eigenvalue weighted by Gasteiger charge is -2.20. The van der Waals surface area contributed by atoms with Crippen LogP contribution in [0.5, 0.6) is 0 Å². The first-order chi connectivity index (χ1) is 11.8. The zero-order chi connectivity index (χ0) is 18.2. The Morgan fingerprint density at radius 1 is 1.20 bits per heavy atom. The molecule has 0 aromatic heterocycles. The van der Waals surface area contributed by atoms with E-state index in [0.717, 1.165) is 5.56 Å². The van der Waals surface area contributed by atoms with E-state index in [1.165, 1.54) is 17.0 Å². The number of rotatable bonds is 4. The summed E-state index contributed by atoms with van der Waals surface area (Å²) in [7, 11) is -4.00. The summed E-state index contributed by atoms with van der Waals surface area (Å²) in [6.07, 6.45) is -0.761. The quantitative estimate of drug-likeness (QED) is 0.844. The predicted octanol–water partition coefficient (Wildman–Crippen LogP) is 1.82. The number of halogens is 1. The fraction of sp³-hybridized carbons (Fsp3) is 0.235. The standard InChI is InChI=1S/C17H17ClN2O4S/c18-14-7-6-12(8-15(14)25(19,23)24)13-9-16(21)20(17(13)22)10-11-4-2-1-3-5-11/h1-8,13,16,21H,9-10H2,(H2,19,23,24). The van der Waals surface area contributed by atoms with Gasteiger partial charge in [-0.2, -0.15) is 0 Å². The predicted molar refractivity (Wildman–Crippen MR) is 93.2 cm³/mol. The van der Waals surface area contributed by atoms with Crippen molar-refractivity contribution in [1.82, 2.24) is 4.90 Å². The van der Waals surface area contributed by atoms with Gasteiger partial charge >= 0.3 is 0 Å². The summed E-state index contributed by atoms with van der Waals surface area (Å²) in [5.41, 5.74) is 1.37. The van der Waals surface area contributed by atoms with E-state index < -0.39 is 22.2 Å². The van der Waals surface area contributed by atoms with E-state index in [2.05, 4.69) is 0 Å². The largest absolute Gasteiger partial charge is 0.373 e. The van der Waals surface area contributed by atoms with Gasteiger partial charge in [0.05, 0.1) is 10.9 Å². The van der Waals surface area contributed by atoms with E-state index >= 15 is 0 Å². The van der Waals surface area contributed by atoms with Gasteiger partial charge < -0.3 is 10.0 Å². The molecule has 1 amide bonds. The number of carbonyl (C=O) groups excluding carboxylic acids is 1. The van der Waals surface area contributed by atoms with E-state index in [-0.39, 0.29) is 28.8 Å². The van der Waals surface area contributed by atoms with Crippen LogP contribution < -0.4 is 5.14 Å². The Hall–Kier alpha value is -1.93. The van der Waals surface area contributed by atoms with Crippen molar-refractivity contribution in [3.8, 4) is 0 Å². The van der Waals surface area contributed by atoms with E-state index in [1.54, 1.807) is 6.07 Å². The van der Waals surface area contributed by atoms with Crippen LogP contribution in [0.4, 0.5) is 0 Å². The number of sulfonamides is 1. The van der Waals surface area contributed by atoms with Crippen LogP contribution in [-0.2, 0) is 21.4 Å². The highest BCUT2D eigenvalue weighted by atomic mass is 35.5. The highest BCUT2D eigenvalue weighted by Crippen LogP contribution is 2.35. The molecule has 132 valence electrons. The number of nitrogens with zero attached hydrogens (tertiary/aromatic N) is 1. The van der Waals surface area contributed by atoms with Crippen LogP contribution in [0.1, 0.15) is 23.5 Å². The van der Waals surface area contributed by atoms with Crippen LogP contribution in [0.25, 0.3) is 0 Å². The molecule has 6 nitrogen and oxygen atoms in total. The first kappa shape index (κ1) is 17.9. The zero-order valence-corrected chi connectivity index (χ0v) is 14.7. The Labute approximate surface area is 150 Å². The first-order valence-electron chi connectivity index (χ1n) is 7.62. The minimum absolute atomic E-state index is 0.00149. The summed E-state index contributed by atoms with van der Waals surface area (Å²) in [6, 6.07) is 13.6. The summed E-state index contributed by atoms with van der Waals surface area (Å²) >= 11 is 5.88. The van der Waals surface area contributed by atoms with Crippen molar-refractivity contribution in [3.63, 3.8) is 0 Å². The molecule has 3 N–H and O–H groups in total. The molecule has 0 bridgehead atoms. The van der Waals surface area contributed by atoms with Crippen molar-refractivity contribution in [2.75, 3.05) is 0 Å². The number of amides is 1. The monoisotopic (exact) mass is 380 g/mol. The molecule has 1 heterocycles. The van der Waals surface area contributed by atoms with Gasteiger partial charge in [0.25, 0.3) is 0 Å². The molecule has 1 aliphatic rings. The number of primary sulfonamides is 1. The van der Waals surface area contributed by atoms with Crippen LogP contribution in [-0.4, -0.2) is 30.6 Å². The van der Waals surface area contributed by atoms with Gasteiger partial charge in [-0.3, -0.25) is 4.79 Å². The van der Waals surface area contributed by atoms with Gasteiger partial charge in [0.15, 0.2) is 0 Å². The second-order valence-corrected chi connectivity index (χ2v) is 7.89. The van der Waals surface area contributed by atoms with Gasteiger partial charge in [-0.15, -0.1) is 0 Å². The van der Waals surface area contributed by atoms with E-state index in [0.29, 0.717) is 5.56 Å². The number of benzene rings is 2. The van der Waals surface area contributed by atoms with Gasteiger partial charge in [-0.1, -0.05) is 48.0 Å². The number of hydrogen-bond acceptors (Lipinski definition) is 4. The molecule has 1 fully saturated rings. The zero-order valence-electron chi connectivity index (χ0n) is 13.2. The lowest BCUT2D eigenvalue weighted by molar-refractivity contribution is -0.134. The Kier molecular flexibility index (Phi) is 4.83. The van der Waals surface area contributed by atoms with E-state index in [1.807, 2.05) is 30.3 Å². The van der Waals surface area contributed by atoms with Crippen molar-refractivity contribution in [2.24, 2.45) is 5.14 Å². The van der Waals surface area contributed by atoms with Crippen LogP contribution in [0.3, 0.4) is 0 Å². The molecule has 3 rings (SSSR count). The van der Waals surface area contributed by atoms with Crippen LogP contribution >= 0.6 is 11.6 Å². The van der Waals surface area contributed by atoms with Crippen molar-refractivity contribution in [1.29, 1.82) is 0 Å². The number of nitrogens with two attached hydrogens (primary N) is 1. The number of aliphatic hydroxyl groups is 1. The van der Waals surface area contributed by atoms with Crippen LogP contribution in [0, 0.1) is 0 Å². The van der Waals surface area contributed by atoms with Gasteiger partial charge in [-0.05, 0) is 23.3 Å². The Morgan fingerprint density at radius 2 is 1.88 bits per heavy atom. The lowest BCUT2D eigenvalue weighted by atomic mass is 9.97. The van der Waals surface area contributed by atoms with Crippen molar-refractivity contribution < 1.29 is 18.3 Å². The Balaban J connectivity index is 1.89. The normalized spacial score (nSPS) is 20.9. The molecule has 2 aromatic rings. The smallest absolute Gasteiger partial charge is 0.239 e. The van der Waals surface area contributed by atoms with Crippen LogP contribution in [0.15, 0.2) is 53.4 Å². The fourth-order valence-electron chi connectivity index (χ4n) is 2.98. The third-order valence-corrected chi connectivity index (χ3v) is 5.64. The summed E-state index contributed by atoms with van der Waals surface area (Å²) < 4.78 is 23.2. The average Bonchev–Trinajstić information content (AvgIpc) is 2.83. The summed E-state index contributed by atoms with van der Waals surface area (Å²) in [5.74, 6) is -0.907. The van der Waals surface area contributed by atoms with Gasteiger partial charge in [-0.25, -0.2) is 13.6 Å². The average molecular weight is 381 g/mol. The maximum atomic E-state index is 12.7. The second kappa shape index (κ2) is 6.76. The first-order valence-corrected chi connectivity index (χ1v) is 9.54. The maximum Gasteiger partial charge on any atom is 0.239 e. The van der Waals surface area contributed by atoms with Crippen molar-refractivity contribution in [3.05, 3.63) is 64.7 Å². The highest BCUT2D eigenvalue weighted by molar-refractivity contribution is 7.89. The number of aliphatic hydroxyl groups excluding tert-OH is 1. The third-order valence-electron chi connectivity index (χ3n) is 4.25. The molecule has 25 heavy (non-hydrogen) atoms. The topological polar surface area (TPSA) is 101 Å². The van der Waals surface area contributed by atoms with Crippen molar-refractivity contribution in [2.45, 2.75) is 30.0 Å². The molecule has 0 saturated carbocycles. The minimum Gasteiger partial charge on any atom is -0.373 e. The third kappa shape index (κ3) is 3.69. The summed E-state index contributed by atoms with van der Waals surface area (Å²) in [4.78, 5) is 13.9. The molecule has 0 aliphatic carbocycles. The number of likely N-dealkylation sites (tertiary alicyclic amines) is 1. The summed E-state index contributed by atoms with van der Waals surface area (Å²) in [6.45, 7) is 0.285. The lowest BCUT2D eigenvalue weighted by Crippen LogP contribution is -2.32. The number of hydrogen-bond donors (Lipinski definition) is 2. The highest BCUT2D eigenvalue weighted by Gasteiger charge is 2.39. The number of carbonyl (C=O) groups is 1. The molecule has 1 saturated heterocycles. The molecular weight excluding hydrogens is 364 g/mol. The molecule has 2 aromatic carbocycles. The van der Waals surface area contributed by atoms with Crippen LogP contribution in [0.2, 0.25) is 5.02 Å². The Bertz CT molecular complexity index is 902. The molecule has 0 spiro atoms. The summed E-state index contributed by atoms with van der Waals surface area (Å²) in [5, 5.41) is 15.4. The second-order valence-electron chi connectivity index (χ2n) is 5.96.